The maximum Gasteiger partial charge on any atom is 0.0905 e. The molecule has 14 N–H and O–H groups in total. The molecular weight excluding hydrogens is 368 g/mol. The van der Waals surface area contributed by atoms with Crippen molar-refractivity contribution in [3.8, 4) is 0 Å². The van der Waals surface area contributed by atoms with E-state index in [1.165, 1.54) is 0 Å². The number of rotatable bonds is 2. The first-order chi connectivity index (χ1) is 5.29. The van der Waals surface area contributed by atoms with E-state index in [-0.39, 0.29) is 65.0 Å². The smallest absolute Gasteiger partial charge is 0.0905 e. The van der Waals surface area contributed by atoms with Gasteiger partial charge in [-0.05, 0) is 13.8 Å². The second kappa shape index (κ2) is 25.1. The molecule has 0 amide bonds. The van der Waals surface area contributed by atoms with Crippen molar-refractivity contribution in [1.29, 1.82) is 0 Å². The van der Waals surface area contributed by atoms with Gasteiger partial charge in [-0.1, -0.05) is 0 Å². The predicted molar refractivity (Wildman–Crippen MR) is 52.6 cm³/mol. The molecule has 2 unspecified atom stereocenters. The van der Waals surface area contributed by atoms with Crippen LogP contribution in [-0.4, -0.2) is 45.3 Å². The van der Waals surface area contributed by atoms with Crippen molar-refractivity contribution in [1.82, 2.24) is 12.3 Å². The third kappa shape index (κ3) is 48.8. The number of carbonyl (C=O) groups excluding carboxylic acids is 2. The van der Waals surface area contributed by atoms with Crippen molar-refractivity contribution in [2.45, 2.75) is 26.1 Å². The SMILES string of the molecule is CC(O)C(=O)[O-].CC(O)C(=O)[O-].O.O.[Ce].[NH4+].[NH4+]. The Hall–Kier alpha value is 0.0766. The summed E-state index contributed by atoms with van der Waals surface area (Å²) in [5.41, 5.74) is 0. The molecule has 0 aliphatic carbocycles. The third-order valence-electron chi connectivity index (χ3n) is 0.682. The van der Waals surface area contributed by atoms with E-state index in [1.807, 2.05) is 0 Å². The van der Waals surface area contributed by atoms with Crippen LogP contribution in [0.3, 0.4) is 0 Å². The molecule has 0 fully saturated rings. The van der Waals surface area contributed by atoms with E-state index in [1.54, 1.807) is 0 Å². The molecular formula is C6H22CeN2O8. The summed E-state index contributed by atoms with van der Waals surface area (Å²) in [6.07, 6.45) is -2.69. The Balaban J connectivity index is -0.0000000182. The number of hydrogen-bond acceptors (Lipinski definition) is 6. The molecule has 0 aliphatic rings. The Kier molecular flexibility index (Phi) is 64.1. The van der Waals surface area contributed by atoms with E-state index in [9.17, 15) is 19.8 Å². The first-order valence-corrected chi connectivity index (χ1v) is 3.06. The van der Waals surface area contributed by atoms with Crippen LogP contribution in [0.5, 0.6) is 0 Å². The van der Waals surface area contributed by atoms with Crippen LogP contribution >= 0.6 is 0 Å². The molecule has 11 heteroatoms. The van der Waals surface area contributed by atoms with Crippen LogP contribution in [0.2, 0.25) is 0 Å². The van der Waals surface area contributed by atoms with E-state index < -0.39 is 24.1 Å². The van der Waals surface area contributed by atoms with E-state index in [0.29, 0.717) is 0 Å². The van der Waals surface area contributed by atoms with Crippen LogP contribution in [0.1, 0.15) is 13.8 Å². The fraction of sp³-hybridized carbons (Fsp3) is 0.667. The first-order valence-electron chi connectivity index (χ1n) is 3.06. The van der Waals surface area contributed by atoms with E-state index in [0.717, 1.165) is 13.8 Å². The van der Waals surface area contributed by atoms with Gasteiger partial charge in [-0.25, -0.2) is 0 Å². The van der Waals surface area contributed by atoms with Crippen LogP contribution in [0, 0.1) is 41.7 Å². The van der Waals surface area contributed by atoms with Crippen molar-refractivity contribution in [3.05, 3.63) is 0 Å². The zero-order valence-electron chi connectivity index (χ0n) is 10.2. The number of quaternary nitrogens is 2. The zero-order chi connectivity index (χ0) is 10.3. The van der Waals surface area contributed by atoms with E-state index in [2.05, 4.69) is 0 Å². The standard InChI is InChI=1S/2C3H6O3.Ce.2H3N.2H2O/c2*1-2(4)3(5)6;;;;;/h2*2,4H,1H3,(H,5,6);;2*1H3;2*1H2. The summed E-state index contributed by atoms with van der Waals surface area (Å²) < 4.78 is 0. The van der Waals surface area contributed by atoms with Gasteiger partial charge < -0.3 is 53.3 Å². The summed E-state index contributed by atoms with van der Waals surface area (Å²) in [6, 6.07) is 0. The average molecular weight is 390 g/mol. The minimum atomic E-state index is -1.44. The molecule has 0 rings (SSSR count). The number of hydrogen-bond donors (Lipinski definition) is 4. The van der Waals surface area contributed by atoms with Gasteiger partial charge >= 0.3 is 0 Å². The summed E-state index contributed by atoms with van der Waals surface area (Å²) in [5.74, 6) is -2.87. The Morgan fingerprint density at radius 1 is 0.882 bits per heavy atom. The van der Waals surface area contributed by atoms with Gasteiger partial charge in [0.05, 0.1) is 24.1 Å². The fourth-order valence-corrected chi connectivity index (χ4v) is 0. The third-order valence-corrected chi connectivity index (χ3v) is 0.682. The second-order valence-electron chi connectivity index (χ2n) is 1.99. The van der Waals surface area contributed by atoms with Crippen molar-refractivity contribution >= 4 is 11.9 Å². The van der Waals surface area contributed by atoms with Crippen LogP contribution in [0.25, 0.3) is 0 Å². The van der Waals surface area contributed by atoms with Crippen molar-refractivity contribution < 1.29 is 82.7 Å². The molecule has 0 heterocycles. The number of carboxylic acid groups (broad SMARTS) is 2. The summed E-state index contributed by atoms with van der Waals surface area (Å²) in [6.45, 7) is 2.27. The number of aliphatic hydroxyl groups excluding tert-OH is 2. The maximum absolute atomic E-state index is 9.34. The van der Waals surface area contributed by atoms with Gasteiger partial charge in [0.2, 0.25) is 0 Å². The van der Waals surface area contributed by atoms with Crippen LogP contribution in [-0.2, 0) is 9.59 Å². The topological polar surface area (TPSA) is 257 Å². The van der Waals surface area contributed by atoms with E-state index >= 15 is 0 Å². The van der Waals surface area contributed by atoms with Gasteiger partial charge in [0.1, 0.15) is 0 Å². The van der Waals surface area contributed by atoms with Gasteiger partial charge in [0.25, 0.3) is 0 Å². The Bertz CT molecular complexity index is 148. The van der Waals surface area contributed by atoms with Crippen molar-refractivity contribution in [2.24, 2.45) is 0 Å². The molecule has 0 aromatic carbocycles. The molecule has 2 atom stereocenters. The average Bonchev–Trinajstić information content (AvgIpc) is 1.88. The first kappa shape index (κ1) is 43.5. The van der Waals surface area contributed by atoms with Crippen LogP contribution in [0.15, 0.2) is 0 Å². The summed E-state index contributed by atoms with van der Waals surface area (Å²) in [7, 11) is 0. The number of aliphatic carboxylic acids is 2. The molecule has 17 heavy (non-hydrogen) atoms. The largest absolute Gasteiger partial charge is 0.547 e. The molecule has 0 aliphatic heterocycles. The molecule has 0 aromatic rings. The monoisotopic (exact) mass is 390 g/mol. The van der Waals surface area contributed by atoms with Gasteiger partial charge in [-0.15, -0.1) is 0 Å². The summed E-state index contributed by atoms with van der Waals surface area (Å²) in [4.78, 5) is 18.7. The minimum absolute atomic E-state index is 0. The molecule has 0 spiro atoms. The van der Waals surface area contributed by atoms with Crippen molar-refractivity contribution in [3.63, 3.8) is 0 Å². The van der Waals surface area contributed by atoms with Gasteiger partial charge in [0, 0.05) is 41.7 Å². The Morgan fingerprint density at radius 2 is 0.941 bits per heavy atom. The molecule has 10 nitrogen and oxygen atoms in total. The normalized spacial score (nSPS) is 9.65. The molecule has 0 saturated carbocycles. The number of carboxylic acids is 2. The molecule has 0 saturated heterocycles. The second-order valence-corrected chi connectivity index (χ2v) is 1.99. The minimum Gasteiger partial charge on any atom is -0.547 e. The zero-order valence-corrected chi connectivity index (χ0v) is 13.3. The molecule has 0 aromatic heterocycles. The number of carbonyl (C=O) groups is 2. The Morgan fingerprint density at radius 3 is 0.941 bits per heavy atom. The summed E-state index contributed by atoms with van der Waals surface area (Å²) in [5, 5.41) is 34.6. The van der Waals surface area contributed by atoms with Gasteiger partial charge in [-0.3, -0.25) is 0 Å². The summed E-state index contributed by atoms with van der Waals surface area (Å²) >= 11 is 0. The predicted octanol–water partition coefficient (Wildman–Crippen LogP) is -4.66. The molecule has 0 radical (unpaired) electrons. The van der Waals surface area contributed by atoms with Crippen LogP contribution < -0.4 is 22.5 Å². The van der Waals surface area contributed by atoms with Crippen molar-refractivity contribution in [2.75, 3.05) is 0 Å². The Labute approximate surface area is 132 Å². The fourth-order valence-electron chi connectivity index (χ4n) is 0. The molecule has 108 valence electrons. The number of aliphatic hydroxyl groups is 2. The van der Waals surface area contributed by atoms with Gasteiger partial charge in [0.15, 0.2) is 0 Å². The van der Waals surface area contributed by atoms with Crippen LogP contribution in [0.4, 0.5) is 0 Å². The van der Waals surface area contributed by atoms with E-state index in [4.69, 9.17) is 10.2 Å². The quantitative estimate of drug-likeness (QED) is 0.360. The van der Waals surface area contributed by atoms with Gasteiger partial charge in [-0.2, -0.15) is 0 Å². The maximum atomic E-state index is 9.34. The molecule has 0 bridgehead atoms.